The highest BCUT2D eigenvalue weighted by Crippen LogP contribution is 2.14. The molecule has 0 spiro atoms. The molecule has 2 rings (SSSR count). The summed E-state index contributed by atoms with van der Waals surface area (Å²) in [6.07, 6.45) is 2.95. The van der Waals surface area contributed by atoms with Crippen molar-refractivity contribution in [2.24, 2.45) is 0 Å². The highest BCUT2D eigenvalue weighted by molar-refractivity contribution is 7.89. The maximum absolute atomic E-state index is 12.1. The van der Waals surface area contributed by atoms with Gasteiger partial charge in [0.05, 0.1) is 0 Å². The molecule has 0 radical (unpaired) electrons. The molecule has 6 nitrogen and oxygen atoms in total. The van der Waals surface area contributed by atoms with Gasteiger partial charge in [-0.3, -0.25) is 0 Å². The van der Waals surface area contributed by atoms with Gasteiger partial charge in [0.1, 0.15) is 10.7 Å². The molecule has 0 unspecified atom stereocenters. The van der Waals surface area contributed by atoms with Crippen LogP contribution in [0.1, 0.15) is 12.8 Å². The molecule has 0 aromatic carbocycles. The summed E-state index contributed by atoms with van der Waals surface area (Å²) in [7, 11) is -1.44. The Morgan fingerprint density at radius 3 is 2.61 bits per heavy atom. The van der Waals surface area contributed by atoms with Gasteiger partial charge in [0.25, 0.3) is 0 Å². The van der Waals surface area contributed by atoms with E-state index in [1.165, 1.54) is 18.3 Å². The fraction of sp³-hybridized carbons (Fsp3) is 0.545. The smallest absolute Gasteiger partial charge is 0.242 e. The van der Waals surface area contributed by atoms with E-state index in [2.05, 4.69) is 14.6 Å². The van der Waals surface area contributed by atoms with E-state index in [1.807, 2.05) is 7.05 Å². The number of nitrogens with one attached hydrogen (secondary N) is 1. The number of sulfonamides is 1. The van der Waals surface area contributed by atoms with Crippen molar-refractivity contribution in [2.75, 3.05) is 25.9 Å². The number of pyridine rings is 1. The molecule has 0 bridgehead atoms. The number of rotatable bonds is 3. The fourth-order valence-electron chi connectivity index (χ4n) is 1.96. The molecule has 7 heteroatoms. The minimum atomic E-state index is -3.48. The molecule has 18 heavy (non-hydrogen) atoms. The largest absolute Gasteiger partial charge is 0.384 e. The standard InChI is InChI=1S/C11H18N4O2S/c1-15-6-4-9(5-7-15)14-18(16,17)10-2-3-11(12)13-8-10/h2-3,8-9,14H,4-7H2,1H3,(H2,12,13). The minimum Gasteiger partial charge on any atom is -0.384 e. The van der Waals surface area contributed by atoms with Crippen LogP contribution in [0, 0.1) is 0 Å². The average molecular weight is 270 g/mol. The summed E-state index contributed by atoms with van der Waals surface area (Å²) in [5.74, 6) is 0.313. The van der Waals surface area contributed by atoms with Gasteiger partial charge in [-0.25, -0.2) is 18.1 Å². The summed E-state index contributed by atoms with van der Waals surface area (Å²) in [5, 5.41) is 0. The SMILES string of the molecule is CN1CCC(NS(=O)(=O)c2ccc(N)nc2)CC1. The first-order valence-corrected chi connectivity index (χ1v) is 7.38. The average Bonchev–Trinajstić information content (AvgIpc) is 2.32. The Balaban J connectivity index is 2.05. The third-order valence-electron chi connectivity index (χ3n) is 3.11. The van der Waals surface area contributed by atoms with Gasteiger partial charge >= 0.3 is 0 Å². The summed E-state index contributed by atoms with van der Waals surface area (Å²) < 4.78 is 26.9. The molecule has 1 aromatic heterocycles. The van der Waals surface area contributed by atoms with Gasteiger partial charge in [0.2, 0.25) is 10.0 Å². The first-order valence-electron chi connectivity index (χ1n) is 5.90. The van der Waals surface area contributed by atoms with Gasteiger partial charge in [0, 0.05) is 12.2 Å². The summed E-state index contributed by atoms with van der Waals surface area (Å²) in [6, 6.07) is 2.96. The second-order valence-electron chi connectivity index (χ2n) is 4.62. The summed E-state index contributed by atoms with van der Waals surface area (Å²) in [6.45, 7) is 1.82. The Morgan fingerprint density at radius 1 is 1.39 bits per heavy atom. The fourth-order valence-corrected chi connectivity index (χ4v) is 3.21. The van der Waals surface area contributed by atoms with Gasteiger partial charge in [-0.05, 0) is 45.1 Å². The molecule has 0 atom stereocenters. The van der Waals surface area contributed by atoms with Crippen LogP contribution in [0.2, 0.25) is 0 Å². The predicted octanol–water partition coefficient (Wildman–Crippen LogP) is 0.0363. The Labute approximate surface area is 107 Å². The van der Waals surface area contributed by atoms with Crippen LogP contribution in [-0.4, -0.2) is 44.5 Å². The van der Waals surface area contributed by atoms with Crippen molar-refractivity contribution >= 4 is 15.8 Å². The van der Waals surface area contributed by atoms with Crippen LogP contribution in [0.25, 0.3) is 0 Å². The van der Waals surface area contributed by atoms with Gasteiger partial charge in [-0.1, -0.05) is 0 Å². The zero-order chi connectivity index (χ0) is 13.2. The lowest BCUT2D eigenvalue weighted by molar-refractivity contribution is 0.248. The molecule has 3 N–H and O–H groups in total. The lowest BCUT2D eigenvalue weighted by atomic mass is 10.1. The summed E-state index contributed by atoms with van der Waals surface area (Å²) in [5.41, 5.74) is 5.44. The maximum Gasteiger partial charge on any atom is 0.242 e. The molecule has 2 heterocycles. The van der Waals surface area contributed by atoms with E-state index in [-0.39, 0.29) is 10.9 Å². The third kappa shape index (κ3) is 3.18. The van der Waals surface area contributed by atoms with E-state index < -0.39 is 10.0 Å². The van der Waals surface area contributed by atoms with Crippen LogP contribution in [0.4, 0.5) is 5.82 Å². The van der Waals surface area contributed by atoms with Crippen molar-refractivity contribution in [3.63, 3.8) is 0 Å². The maximum atomic E-state index is 12.1. The zero-order valence-corrected chi connectivity index (χ0v) is 11.2. The predicted molar refractivity (Wildman–Crippen MR) is 69.5 cm³/mol. The number of hydrogen-bond donors (Lipinski definition) is 2. The Kier molecular flexibility index (Phi) is 3.84. The molecule has 100 valence electrons. The van der Waals surface area contributed by atoms with Gasteiger partial charge in [0.15, 0.2) is 0 Å². The molecule has 1 fully saturated rings. The number of nitrogens with zero attached hydrogens (tertiary/aromatic N) is 2. The highest BCUT2D eigenvalue weighted by atomic mass is 32.2. The quantitative estimate of drug-likeness (QED) is 0.809. The summed E-state index contributed by atoms with van der Waals surface area (Å²) in [4.78, 5) is 6.15. The molecule has 0 saturated carbocycles. The third-order valence-corrected chi connectivity index (χ3v) is 4.62. The van der Waals surface area contributed by atoms with E-state index in [0.717, 1.165) is 25.9 Å². The van der Waals surface area contributed by atoms with Crippen LogP contribution in [0.5, 0.6) is 0 Å². The molecule has 1 aliphatic rings. The van der Waals surface area contributed by atoms with Crippen LogP contribution < -0.4 is 10.5 Å². The molecule has 1 saturated heterocycles. The Hall–Kier alpha value is -1.18. The van der Waals surface area contributed by atoms with Crippen molar-refractivity contribution in [3.05, 3.63) is 18.3 Å². The number of aromatic nitrogens is 1. The molecular formula is C11H18N4O2S. The number of piperidine rings is 1. The molecule has 1 aromatic rings. The van der Waals surface area contributed by atoms with Crippen molar-refractivity contribution in [1.82, 2.24) is 14.6 Å². The van der Waals surface area contributed by atoms with Gasteiger partial charge in [-0.15, -0.1) is 0 Å². The topological polar surface area (TPSA) is 88.3 Å². The zero-order valence-electron chi connectivity index (χ0n) is 10.3. The van der Waals surface area contributed by atoms with Crippen LogP contribution in [0.15, 0.2) is 23.2 Å². The first-order chi connectivity index (χ1) is 8.47. The van der Waals surface area contributed by atoms with Crippen molar-refractivity contribution in [1.29, 1.82) is 0 Å². The molecule has 0 amide bonds. The second-order valence-corrected chi connectivity index (χ2v) is 6.33. The molecule has 1 aliphatic heterocycles. The summed E-state index contributed by atoms with van der Waals surface area (Å²) >= 11 is 0. The molecular weight excluding hydrogens is 252 g/mol. The lowest BCUT2D eigenvalue weighted by Gasteiger charge is -2.29. The normalized spacial score (nSPS) is 18.9. The van der Waals surface area contributed by atoms with Gasteiger partial charge in [-0.2, -0.15) is 0 Å². The van der Waals surface area contributed by atoms with E-state index in [1.54, 1.807) is 0 Å². The molecule has 0 aliphatic carbocycles. The van der Waals surface area contributed by atoms with E-state index in [9.17, 15) is 8.42 Å². The van der Waals surface area contributed by atoms with Crippen LogP contribution >= 0.6 is 0 Å². The number of nitrogen functional groups attached to an aromatic ring is 1. The van der Waals surface area contributed by atoms with Crippen LogP contribution in [-0.2, 0) is 10.0 Å². The number of likely N-dealkylation sites (tertiary alicyclic amines) is 1. The van der Waals surface area contributed by atoms with Crippen molar-refractivity contribution in [3.8, 4) is 0 Å². The number of hydrogen-bond acceptors (Lipinski definition) is 5. The highest BCUT2D eigenvalue weighted by Gasteiger charge is 2.23. The van der Waals surface area contributed by atoms with Gasteiger partial charge < -0.3 is 10.6 Å². The van der Waals surface area contributed by atoms with E-state index in [4.69, 9.17) is 5.73 Å². The monoisotopic (exact) mass is 270 g/mol. The first kappa shape index (κ1) is 13.3. The number of anilines is 1. The second kappa shape index (κ2) is 5.21. The Morgan fingerprint density at radius 2 is 2.06 bits per heavy atom. The van der Waals surface area contributed by atoms with Crippen molar-refractivity contribution in [2.45, 2.75) is 23.8 Å². The minimum absolute atomic E-state index is 0.00348. The number of nitrogens with two attached hydrogens (primary N) is 1. The van der Waals surface area contributed by atoms with E-state index >= 15 is 0 Å². The Bertz CT molecular complexity index is 492. The van der Waals surface area contributed by atoms with Crippen molar-refractivity contribution < 1.29 is 8.42 Å². The van der Waals surface area contributed by atoms with Crippen LogP contribution in [0.3, 0.4) is 0 Å². The van der Waals surface area contributed by atoms with E-state index in [0.29, 0.717) is 5.82 Å². The lowest BCUT2D eigenvalue weighted by Crippen LogP contribution is -2.43.